The number of benzene rings is 1. The van der Waals surface area contributed by atoms with Crippen LogP contribution in [0.4, 0.5) is 0 Å². The van der Waals surface area contributed by atoms with E-state index < -0.39 is 0 Å². The van der Waals surface area contributed by atoms with Crippen molar-refractivity contribution in [2.75, 3.05) is 26.2 Å². The minimum Gasteiger partial charge on any atom is -0.310 e. The predicted molar refractivity (Wildman–Crippen MR) is 94.6 cm³/mol. The van der Waals surface area contributed by atoms with Crippen LogP contribution in [0.1, 0.15) is 51.1 Å². The molecule has 0 aliphatic carbocycles. The zero-order valence-corrected chi connectivity index (χ0v) is 15.0. The van der Waals surface area contributed by atoms with Gasteiger partial charge in [0.2, 0.25) is 0 Å². The van der Waals surface area contributed by atoms with Gasteiger partial charge in [-0.3, -0.25) is 0 Å². The fourth-order valence-corrected chi connectivity index (χ4v) is 3.47. The average molecular weight is 353 g/mol. The summed E-state index contributed by atoms with van der Waals surface area (Å²) in [6, 6.07) is 9.28. The van der Waals surface area contributed by atoms with Crippen molar-refractivity contribution in [1.82, 2.24) is 10.2 Å². The topological polar surface area (TPSA) is 15.3 Å². The van der Waals surface area contributed by atoms with Crippen molar-refractivity contribution in [3.8, 4) is 0 Å². The van der Waals surface area contributed by atoms with E-state index in [0.29, 0.717) is 6.04 Å². The maximum Gasteiger partial charge on any atom is 0.0332 e. The zero-order chi connectivity index (χ0) is 15.1. The van der Waals surface area contributed by atoms with Gasteiger partial charge in [-0.05, 0) is 68.9 Å². The molecule has 0 aromatic heterocycles. The minimum atomic E-state index is 0.482. The van der Waals surface area contributed by atoms with Crippen molar-refractivity contribution in [2.24, 2.45) is 5.92 Å². The molecule has 1 fully saturated rings. The second-order valence-corrected chi connectivity index (χ2v) is 7.31. The molecule has 3 heteroatoms. The van der Waals surface area contributed by atoms with Crippen LogP contribution in [0, 0.1) is 5.92 Å². The summed E-state index contributed by atoms with van der Waals surface area (Å²) in [7, 11) is 0. The first-order chi connectivity index (χ1) is 10.2. The van der Waals surface area contributed by atoms with E-state index in [1.54, 1.807) is 0 Å². The molecule has 1 aromatic carbocycles. The number of piperidine rings is 1. The normalized spacial score (nSPS) is 21.4. The zero-order valence-electron chi connectivity index (χ0n) is 13.4. The molecule has 1 aromatic rings. The van der Waals surface area contributed by atoms with Gasteiger partial charge >= 0.3 is 0 Å². The van der Waals surface area contributed by atoms with Crippen molar-refractivity contribution in [3.05, 3.63) is 34.3 Å². The number of halogens is 1. The SMILES string of the molecule is CCCNC(CCN1CCCC(C)C1)c1ccc(Br)cc1. The Morgan fingerprint density at radius 1 is 1.33 bits per heavy atom. The molecule has 2 nitrogen and oxygen atoms in total. The van der Waals surface area contributed by atoms with Crippen LogP contribution in [0.3, 0.4) is 0 Å². The lowest BCUT2D eigenvalue weighted by atomic mass is 9.98. The minimum absolute atomic E-state index is 0.482. The smallest absolute Gasteiger partial charge is 0.0332 e. The molecule has 0 amide bonds. The van der Waals surface area contributed by atoms with Crippen LogP contribution in [0.2, 0.25) is 0 Å². The highest BCUT2D eigenvalue weighted by molar-refractivity contribution is 9.10. The molecule has 1 saturated heterocycles. The van der Waals surface area contributed by atoms with Crippen LogP contribution < -0.4 is 5.32 Å². The van der Waals surface area contributed by atoms with Crippen molar-refractivity contribution in [1.29, 1.82) is 0 Å². The predicted octanol–water partition coefficient (Wildman–Crippen LogP) is 4.61. The maximum absolute atomic E-state index is 3.71. The summed E-state index contributed by atoms with van der Waals surface area (Å²) < 4.78 is 1.16. The van der Waals surface area contributed by atoms with E-state index in [2.05, 4.69) is 64.3 Å². The summed E-state index contributed by atoms with van der Waals surface area (Å²) in [5.74, 6) is 0.869. The van der Waals surface area contributed by atoms with Gasteiger partial charge in [0.05, 0.1) is 0 Å². The second-order valence-electron chi connectivity index (χ2n) is 6.39. The highest BCUT2D eigenvalue weighted by Crippen LogP contribution is 2.22. The van der Waals surface area contributed by atoms with E-state index in [4.69, 9.17) is 0 Å². The Kier molecular flexibility index (Phi) is 7.21. The molecule has 2 rings (SSSR count). The third-order valence-corrected chi connectivity index (χ3v) is 4.92. The number of likely N-dealkylation sites (tertiary alicyclic amines) is 1. The molecule has 1 N–H and O–H groups in total. The molecule has 21 heavy (non-hydrogen) atoms. The van der Waals surface area contributed by atoms with Gasteiger partial charge in [-0.25, -0.2) is 0 Å². The maximum atomic E-state index is 3.71. The summed E-state index contributed by atoms with van der Waals surface area (Å²) in [6.07, 6.45) is 5.16. The highest BCUT2D eigenvalue weighted by Gasteiger charge is 2.18. The lowest BCUT2D eigenvalue weighted by molar-refractivity contribution is 0.176. The Morgan fingerprint density at radius 3 is 2.76 bits per heavy atom. The van der Waals surface area contributed by atoms with Crippen molar-refractivity contribution >= 4 is 15.9 Å². The van der Waals surface area contributed by atoms with E-state index >= 15 is 0 Å². The van der Waals surface area contributed by atoms with Crippen LogP contribution in [0.15, 0.2) is 28.7 Å². The monoisotopic (exact) mass is 352 g/mol. The number of rotatable bonds is 7. The van der Waals surface area contributed by atoms with Crippen LogP contribution >= 0.6 is 15.9 Å². The fourth-order valence-electron chi connectivity index (χ4n) is 3.20. The molecule has 1 aliphatic heterocycles. The Labute approximate surface area is 138 Å². The summed E-state index contributed by atoms with van der Waals surface area (Å²) in [5.41, 5.74) is 1.41. The third kappa shape index (κ3) is 5.72. The summed E-state index contributed by atoms with van der Waals surface area (Å²) >= 11 is 3.53. The highest BCUT2D eigenvalue weighted by atomic mass is 79.9. The van der Waals surface area contributed by atoms with Gasteiger partial charge < -0.3 is 10.2 Å². The molecule has 118 valence electrons. The number of hydrogen-bond donors (Lipinski definition) is 1. The largest absolute Gasteiger partial charge is 0.310 e. The van der Waals surface area contributed by atoms with Crippen LogP contribution in [0.25, 0.3) is 0 Å². The van der Waals surface area contributed by atoms with Gasteiger partial charge in [-0.1, -0.05) is 41.9 Å². The average Bonchev–Trinajstić information content (AvgIpc) is 2.49. The molecule has 1 aliphatic rings. The van der Waals surface area contributed by atoms with Crippen molar-refractivity contribution in [3.63, 3.8) is 0 Å². The van der Waals surface area contributed by atoms with E-state index in [1.165, 1.54) is 50.9 Å². The Morgan fingerprint density at radius 2 is 2.10 bits per heavy atom. The molecule has 1 heterocycles. The quantitative estimate of drug-likeness (QED) is 0.770. The lowest BCUT2D eigenvalue weighted by Gasteiger charge is -2.32. The summed E-state index contributed by atoms with van der Waals surface area (Å²) in [6.45, 7) is 9.48. The molecular weight excluding hydrogens is 324 g/mol. The van der Waals surface area contributed by atoms with Gasteiger partial charge in [0, 0.05) is 17.1 Å². The number of nitrogens with one attached hydrogen (secondary N) is 1. The fraction of sp³-hybridized carbons (Fsp3) is 0.667. The Hall–Kier alpha value is -0.380. The first kappa shape index (κ1) is 17.0. The molecule has 0 saturated carbocycles. The molecule has 2 unspecified atom stereocenters. The van der Waals surface area contributed by atoms with Crippen LogP contribution in [0.5, 0.6) is 0 Å². The van der Waals surface area contributed by atoms with E-state index in [0.717, 1.165) is 16.9 Å². The Balaban J connectivity index is 1.91. The van der Waals surface area contributed by atoms with Crippen LogP contribution in [-0.2, 0) is 0 Å². The van der Waals surface area contributed by atoms with Crippen molar-refractivity contribution in [2.45, 2.75) is 45.6 Å². The van der Waals surface area contributed by atoms with E-state index in [1.807, 2.05) is 0 Å². The van der Waals surface area contributed by atoms with Gasteiger partial charge in [-0.15, -0.1) is 0 Å². The van der Waals surface area contributed by atoms with E-state index in [9.17, 15) is 0 Å². The lowest BCUT2D eigenvalue weighted by Crippen LogP contribution is -2.36. The van der Waals surface area contributed by atoms with Gasteiger partial charge in [-0.2, -0.15) is 0 Å². The first-order valence-corrected chi connectivity index (χ1v) is 9.19. The standard InChI is InChI=1S/C18H29BrN2/c1-3-11-20-18(16-6-8-17(19)9-7-16)10-13-21-12-4-5-15(2)14-21/h6-9,15,18,20H,3-5,10-14H2,1-2H3. The molecule has 0 radical (unpaired) electrons. The Bertz CT molecular complexity index is 404. The second kappa shape index (κ2) is 8.92. The molecular formula is C18H29BrN2. The summed E-state index contributed by atoms with van der Waals surface area (Å²) in [5, 5.41) is 3.71. The van der Waals surface area contributed by atoms with Gasteiger partial charge in [0.25, 0.3) is 0 Å². The van der Waals surface area contributed by atoms with E-state index in [-0.39, 0.29) is 0 Å². The molecule has 0 bridgehead atoms. The van der Waals surface area contributed by atoms with Crippen LogP contribution in [-0.4, -0.2) is 31.1 Å². The number of hydrogen-bond acceptors (Lipinski definition) is 2. The first-order valence-electron chi connectivity index (χ1n) is 8.40. The molecule has 0 spiro atoms. The summed E-state index contributed by atoms with van der Waals surface area (Å²) in [4.78, 5) is 2.65. The molecule has 2 atom stereocenters. The van der Waals surface area contributed by atoms with Gasteiger partial charge in [0.1, 0.15) is 0 Å². The van der Waals surface area contributed by atoms with Crippen molar-refractivity contribution < 1.29 is 0 Å². The number of nitrogens with zero attached hydrogens (tertiary/aromatic N) is 1. The van der Waals surface area contributed by atoms with Gasteiger partial charge in [0.15, 0.2) is 0 Å². The third-order valence-electron chi connectivity index (χ3n) is 4.39.